The first-order valence-electron chi connectivity index (χ1n) is 7.46. The summed E-state index contributed by atoms with van der Waals surface area (Å²) >= 11 is 0. The predicted molar refractivity (Wildman–Crippen MR) is 89.4 cm³/mol. The van der Waals surface area contributed by atoms with Gasteiger partial charge in [-0.3, -0.25) is 9.69 Å². The van der Waals surface area contributed by atoms with E-state index in [9.17, 15) is 9.18 Å². The highest BCUT2D eigenvalue weighted by Crippen LogP contribution is 2.38. The van der Waals surface area contributed by atoms with Gasteiger partial charge >= 0.3 is 0 Å². The molecule has 4 rings (SSSR count). The number of carbonyl (C=O) groups is 1. The van der Waals surface area contributed by atoms with E-state index in [4.69, 9.17) is 4.74 Å². The van der Waals surface area contributed by atoms with Crippen LogP contribution in [0.5, 0.6) is 5.75 Å². The summed E-state index contributed by atoms with van der Waals surface area (Å²) in [4.78, 5) is 21.2. The molecular weight excluding hydrogens is 311 g/mol. The summed E-state index contributed by atoms with van der Waals surface area (Å²) < 4.78 is 19.7. The molecule has 0 radical (unpaired) electrons. The summed E-state index contributed by atoms with van der Waals surface area (Å²) in [5, 5.41) is 0. The van der Waals surface area contributed by atoms with Crippen molar-refractivity contribution >= 4 is 23.2 Å². The number of nitrogens with zero attached hydrogens (tertiary/aromatic N) is 4. The maximum atomic E-state index is 14.0. The highest BCUT2D eigenvalue weighted by Gasteiger charge is 2.34. The number of hydrogen-bond acceptors (Lipinski definition) is 5. The number of hydrogen-bond donors (Lipinski definition) is 0. The molecule has 0 saturated carbocycles. The maximum Gasteiger partial charge on any atom is 0.262 e. The van der Waals surface area contributed by atoms with Gasteiger partial charge in [0.15, 0.2) is 0 Å². The molecule has 0 aliphatic carbocycles. The number of halogens is 1. The number of guanidine groups is 1. The Morgan fingerprint density at radius 2 is 2.21 bits per heavy atom. The fourth-order valence-corrected chi connectivity index (χ4v) is 2.83. The molecule has 7 heteroatoms. The van der Waals surface area contributed by atoms with Crippen LogP contribution in [0.3, 0.4) is 0 Å². The minimum Gasteiger partial charge on any atom is -0.485 e. The predicted octanol–water partition coefficient (Wildman–Crippen LogP) is 2.37. The molecule has 3 heterocycles. The Labute approximate surface area is 138 Å². The number of amides is 1. The molecule has 0 spiro atoms. The summed E-state index contributed by atoms with van der Waals surface area (Å²) in [5.74, 6) is -0.120. The van der Waals surface area contributed by atoms with E-state index in [1.54, 1.807) is 24.4 Å². The van der Waals surface area contributed by atoms with Crippen LogP contribution in [0.15, 0.2) is 59.8 Å². The minimum absolute atomic E-state index is 0.251. The third-order valence-electron chi connectivity index (χ3n) is 4.18. The molecule has 0 fully saturated rings. The van der Waals surface area contributed by atoms with Gasteiger partial charge in [-0.15, -0.1) is 0 Å². The van der Waals surface area contributed by atoms with Crippen LogP contribution in [0.25, 0.3) is 0 Å². The zero-order valence-electron chi connectivity index (χ0n) is 13.1. The monoisotopic (exact) mass is 326 g/mol. The number of ether oxygens (including phenoxy) is 1. The van der Waals surface area contributed by atoms with Crippen LogP contribution in [0, 0.1) is 0 Å². The second-order valence-corrected chi connectivity index (χ2v) is 5.63. The van der Waals surface area contributed by atoms with Crippen molar-refractivity contribution in [3.63, 3.8) is 0 Å². The topological polar surface area (TPSA) is 48.4 Å². The van der Waals surface area contributed by atoms with E-state index in [1.165, 1.54) is 9.80 Å². The number of anilines is 2. The first kappa shape index (κ1) is 14.5. The average Bonchev–Trinajstić information content (AvgIpc) is 2.58. The molecular formula is C17H15FN4O2. The van der Waals surface area contributed by atoms with Gasteiger partial charge in [-0.25, -0.2) is 9.89 Å². The second kappa shape index (κ2) is 5.23. The van der Waals surface area contributed by atoms with Gasteiger partial charge in [0.2, 0.25) is 11.9 Å². The van der Waals surface area contributed by atoms with E-state index in [1.807, 2.05) is 18.0 Å². The lowest BCUT2D eigenvalue weighted by atomic mass is 10.1. The number of fused-ring (bicyclic) bond motifs is 2. The van der Waals surface area contributed by atoms with Crippen molar-refractivity contribution in [2.24, 2.45) is 4.99 Å². The molecule has 24 heavy (non-hydrogen) atoms. The Morgan fingerprint density at radius 3 is 3.04 bits per heavy atom. The third kappa shape index (κ3) is 2.09. The molecule has 122 valence electrons. The van der Waals surface area contributed by atoms with Crippen molar-refractivity contribution in [2.45, 2.75) is 0 Å². The Hall–Kier alpha value is -3.09. The van der Waals surface area contributed by atoms with Crippen molar-refractivity contribution in [1.29, 1.82) is 0 Å². The maximum absolute atomic E-state index is 14.0. The zero-order chi connectivity index (χ0) is 16.8. The fourth-order valence-electron chi connectivity index (χ4n) is 2.83. The van der Waals surface area contributed by atoms with Gasteiger partial charge in [0.25, 0.3) is 5.91 Å². The Morgan fingerprint density at radius 1 is 1.38 bits per heavy atom. The molecule has 1 aromatic carbocycles. The van der Waals surface area contributed by atoms with E-state index in [0.29, 0.717) is 24.6 Å². The molecule has 6 nitrogen and oxygen atoms in total. The first-order valence-corrected chi connectivity index (χ1v) is 7.46. The van der Waals surface area contributed by atoms with Crippen LogP contribution in [0.4, 0.5) is 15.8 Å². The quantitative estimate of drug-likeness (QED) is 0.744. The molecule has 3 aliphatic rings. The standard InChI is InChI=1S/C17H15FN4O2/c1-11-10-24-14-5-4-12(8-13(14)20(11)2)22-16(23)9-15(18)21-7-3-6-19-17(21)22/h3-6,8-9H,1,7,10H2,2H3. The second-order valence-electron chi connectivity index (χ2n) is 5.63. The van der Waals surface area contributed by atoms with Gasteiger partial charge in [-0.1, -0.05) is 6.58 Å². The van der Waals surface area contributed by atoms with Crippen molar-refractivity contribution in [3.05, 3.63) is 54.8 Å². The number of benzene rings is 1. The summed E-state index contributed by atoms with van der Waals surface area (Å²) in [6.45, 7) is 4.70. The number of carbonyl (C=O) groups excluding carboxylic acids is 1. The van der Waals surface area contributed by atoms with E-state index in [-0.39, 0.29) is 5.96 Å². The third-order valence-corrected chi connectivity index (χ3v) is 4.18. The molecule has 0 unspecified atom stereocenters. The smallest absolute Gasteiger partial charge is 0.262 e. The molecule has 3 aliphatic heterocycles. The van der Waals surface area contributed by atoms with Gasteiger partial charge in [0, 0.05) is 25.5 Å². The number of rotatable bonds is 1. The van der Waals surface area contributed by atoms with E-state index < -0.39 is 11.9 Å². The lowest BCUT2D eigenvalue weighted by molar-refractivity contribution is -0.113. The molecule has 0 saturated heterocycles. The number of likely N-dealkylation sites (N-methyl/N-ethyl adjacent to an activating group) is 1. The van der Waals surface area contributed by atoms with Gasteiger partial charge in [-0.2, -0.15) is 4.39 Å². The van der Waals surface area contributed by atoms with E-state index >= 15 is 0 Å². The highest BCUT2D eigenvalue weighted by molar-refractivity contribution is 6.22. The number of aliphatic imine (C=N–C) groups is 1. The first-order chi connectivity index (χ1) is 11.6. The van der Waals surface area contributed by atoms with Crippen LogP contribution < -0.4 is 14.5 Å². The van der Waals surface area contributed by atoms with Crippen LogP contribution in [0.2, 0.25) is 0 Å². The molecule has 1 amide bonds. The van der Waals surface area contributed by atoms with E-state index in [0.717, 1.165) is 17.5 Å². The average molecular weight is 326 g/mol. The van der Waals surface area contributed by atoms with E-state index in [2.05, 4.69) is 11.6 Å². The van der Waals surface area contributed by atoms with Crippen LogP contribution in [-0.2, 0) is 4.79 Å². The lowest BCUT2D eigenvalue weighted by Crippen LogP contribution is -2.50. The summed E-state index contributed by atoms with van der Waals surface area (Å²) in [7, 11) is 1.89. The van der Waals surface area contributed by atoms with Crippen LogP contribution in [-0.4, -0.2) is 37.0 Å². The molecule has 0 atom stereocenters. The largest absolute Gasteiger partial charge is 0.485 e. The molecule has 1 aromatic rings. The van der Waals surface area contributed by atoms with Crippen molar-refractivity contribution in [3.8, 4) is 5.75 Å². The van der Waals surface area contributed by atoms with Gasteiger partial charge in [0.1, 0.15) is 12.4 Å². The molecule has 0 bridgehead atoms. The zero-order valence-corrected chi connectivity index (χ0v) is 13.1. The lowest BCUT2D eigenvalue weighted by Gasteiger charge is -2.36. The minimum atomic E-state index is -0.605. The molecule has 0 aromatic heterocycles. The van der Waals surface area contributed by atoms with Gasteiger partial charge in [-0.05, 0) is 24.3 Å². The summed E-state index contributed by atoms with van der Waals surface area (Å²) in [6.07, 6.45) is 4.26. The Kier molecular flexibility index (Phi) is 3.16. The van der Waals surface area contributed by atoms with Crippen molar-refractivity contribution < 1.29 is 13.9 Å². The van der Waals surface area contributed by atoms with Gasteiger partial charge < -0.3 is 9.64 Å². The van der Waals surface area contributed by atoms with Crippen LogP contribution >= 0.6 is 0 Å². The normalized spacial score (nSPS) is 19.5. The van der Waals surface area contributed by atoms with Gasteiger partial charge in [0.05, 0.1) is 17.5 Å². The van der Waals surface area contributed by atoms with Crippen LogP contribution in [0.1, 0.15) is 0 Å². The Bertz CT molecular complexity index is 843. The molecule has 0 N–H and O–H groups in total. The fraction of sp³-hybridized carbons (Fsp3) is 0.176. The van der Waals surface area contributed by atoms with Crippen molar-refractivity contribution in [1.82, 2.24) is 4.90 Å². The van der Waals surface area contributed by atoms with Crippen molar-refractivity contribution in [2.75, 3.05) is 30.0 Å². The Balaban J connectivity index is 1.81. The summed E-state index contributed by atoms with van der Waals surface area (Å²) in [6, 6.07) is 5.36. The highest BCUT2D eigenvalue weighted by atomic mass is 19.1. The summed E-state index contributed by atoms with van der Waals surface area (Å²) in [5.41, 5.74) is 2.20. The SMILES string of the molecule is C=C1COc2ccc(N3C(=O)C=C(F)N4CC=CN=C43)cc2N1C.